The van der Waals surface area contributed by atoms with Gasteiger partial charge in [0.15, 0.2) is 0 Å². The number of carbonyl (C=O) groups excluding carboxylic acids is 2. The molecule has 2 heterocycles. The molecule has 10 nitrogen and oxygen atoms in total. The Morgan fingerprint density at radius 3 is 0.890 bits per heavy atom. The van der Waals surface area contributed by atoms with Crippen molar-refractivity contribution in [2.45, 2.75) is 13.1 Å². The molecule has 12 rings (SSSR count). The Morgan fingerprint density at radius 1 is 0.341 bits per heavy atom. The van der Waals surface area contributed by atoms with Gasteiger partial charge in [-0.25, -0.2) is 0 Å². The van der Waals surface area contributed by atoms with E-state index >= 15 is 0 Å². The Hall–Kier alpha value is -11.5. The molecule has 2 aliphatic heterocycles. The van der Waals surface area contributed by atoms with Crippen LogP contribution in [0.2, 0.25) is 0 Å². The number of amidine groups is 2. The second-order valence-electron chi connectivity index (χ2n) is 19.6. The molecule has 0 N–H and O–H groups in total. The minimum absolute atomic E-state index is 0.224. The lowest BCUT2D eigenvalue weighted by atomic mass is 10.00. The highest BCUT2D eigenvalue weighted by atomic mass is 16.2. The maximum Gasteiger partial charge on any atom is 0.278 e. The molecule has 0 radical (unpaired) electrons. The Bertz CT molecular complexity index is 3800. The van der Waals surface area contributed by atoms with Crippen LogP contribution in [0.3, 0.4) is 0 Å². The molecule has 0 unspecified atom stereocenters. The molecule has 0 fully saturated rings. The van der Waals surface area contributed by atoms with Crippen LogP contribution in [0.4, 0.5) is 34.1 Å². The molecular formula is C72H50N8O2. The van der Waals surface area contributed by atoms with Crippen LogP contribution in [0.5, 0.6) is 0 Å². The zero-order valence-electron chi connectivity index (χ0n) is 44.4. The molecule has 2 aliphatic rings. The summed E-state index contributed by atoms with van der Waals surface area (Å²) >= 11 is 0. The van der Waals surface area contributed by atoms with Crippen LogP contribution in [0, 0.1) is 22.7 Å². The summed E-state index contributed by atoms with van der Waals surface area (Å²) in [7, 11) is 0. The Morgan fingerprint density at radius 2 is 0.610 bits per heavy atom. The predicted octanol–water partition coefficient (Wildman–Crippen LogP) is 16.0. The number of nitriles is 2. The number of carbonyl (C=O) groups is 2. The lowest BCUT2D eigenvalue weighted by Crippen LogP contribution is -2.30. The van der Waals surface area contributed by atoms with E-state index in [-0.39, 0.29) is 13.1 Å². The van der Waals surface area contributed by atoms with Gasteiger partial charge in [-0.05, 0) is 144 Å². The largest absolute Gasteiger partial charge is 0.320 e. The third-order valence-corrected chi connectivity index (χ3v) is 14.4. The summed E-state index contributed by atoms with van der Waals surface area (Å²) in [6.07, 6.45) is 0. The van der Waals surface area contributed by atoms with Crippen molar-refractivity contribution in [3.63, 3.8) is 0 Å². The van der Waals surface area contributed by atoms with Crippen LogP contribution < -0.4 is 9.80 Å². The van der Waals surface area contributed by atoms with Crippen LogP contribution in [0.1, 0.15) is 54.1 Å². The summed E-state index contributed by atoms with van der Waals surface area (Å²) in [5.74, 6) is -0.278. The van der Waals surface area contributed by atoms with E-state index in [1.165, 1.54) is 0 Å². The Kier molecular flexibility index (Phi) is 14.5. The van der Waals surface area contributed by atoms with Crippen LogP contribution in [-0.4, -0.2) is 33.3 Å². The van der Waals surface area contributed by atoms with E-state index in [4.69, 9.17) is 9.98 Å². The van der Waals surface area contributed by atoms with Gasteiger partial charge in [-0.2, -0.15) is 20.5 Å². The average Bonchev–Trinajstić information content (AvgIpc) is 3.02. The average molecular weight is 1060 g/mol. The summed E-state index contributed by atoms with van der Waals surface area (Å²) in [6, 6.07) is 94.6. The zero-order chi connectivity index (χ0) is 55.8. The van der Waals surface area contributed by atoms with Crippen LogP contribution in [0.15, 0.2) is 300 Å². The van der Waals surface area contributed by atoms with Gasteiger partial charge in [0.2, 0.25) is 0 Å². The Balaban J connectivity index is 1.07. The third kappa shape index (κ3) is 10.5. The fourth-order valence-electron chi connectivity index (χ4n) is 10.5. The zero-order valence-corrected chi connectivity index (χ0v) is 44.4. The number of amides is 2. The van der Waals surface area contributed by atoms with Gasteiger partial charge in [0.1, 0.15) is 11.7 Å². The number of benzene rings is 10. The molecular weight excluding hydrogens is 1010 g/mol. The molecule has 0 bridgehead atoms. The van der Waals surface area contributed by atoms with Crippen molar-refractivity contribution >= 4 is 69.0 Å². The van der Waals surface area contributed by atoms with E-state index < -0.39 is 11.8 Å². The highest BCUT2D eigenvalue weighted by Crippen LogP contribution is 2.49. The molecule has 0 aliphatic carbocycles. The molecule has 390 valence electrons. The summed E-state index contributed by atoms with van der Waals surface area (Å²) < 4.78 is 0. The van der Waals surface area contributed by atoms with Crippen molar-refractivity contribution in [2.75, 3.05) is 9.80 Å². The minimum Gasteiger partial charge on any atom is -0.320 e. The second kappa shape index (κ2) is 23.2. The van der Waals surface area contributed by atoms with Crippen molar-refractivity contribution in [2.24, 2.45) is 9.98 Å². The second-order valence-corrected chi connectivity index (χ2v) is 19.6. The van der Waals surface area contributed by atoms with Crippen LogP contribution in [-0.2, 0) is 13.1 Å². The molecule has 0 spiro atoms. The summed E-state index contributed by atoms with van der Waals surface area (Å²) in [6.45, 7) is 0.448. The molecule has 10 aromatic rings. The quantitative estimate of drug-likeness (QED) is 0.106. The third-order valence-electron chi connectivity index (χ3n) is 14.4. The highest BCUT2D eigenvalue weighted by molar-refractivity contribution is 6.35. The number of hydrogen-bond donors (Lipinski definition) is 0. The summed E-state index contributed by atoms with van der Waals surface area (Å²) in [5, 5.41) is 20.2. The van der Waals surface area contributed by atoms with Gasteiger partial charge < -0.3 is 19.6 Å². The van der Waals surface area contributed by atoms with Crippen molar-refractivity contribution in [1.82, 2.24) is 9.80 Å². The van der Waals surface area contributed by atoms with E-state index in [0.29, 0.717) is 67.6 Å². The summed E-state index contributed by atoms with van der Waals surface area (Å²) in [5.41, 5.74) is 13.1. The SMILES string of the molecule is N#Cc1ccc(C2=C3C(=NC(=O)c4ccccc4)N(Cc4ccc(N(c5ccccc5)c5ccccc5)cc4)C(c4ccc(C#N)cc4)=C3C(=NC(=O)c3ccccc3)N2Cc2ccc(N(c3ccccc3)c3ccccc3)cc2)cc1. The lowest BCUT2D eigenvalue weighted by molar-refractivity contribution is 0.0993. The van der Waals surface area contributed by atoms with E-state index in [1.807, 2.05) is 143 Å². The van der Waals surface area contributed by atoms with Gasteiger partial charge in [0.05, 0.1) is 45.8 Å². The number of aliphatic imine (C=N–C) groups is 2. The number of rotatable bonds is 14. The smallest absolute Gasteiger partial charge is 0.278 e. The first-order chi connectivity index (χ1) is 40.4. The number of nitrogens with zero attached hydrogens (tertiary/aromatic N) is 8. The molecule has 2 amide bonds. The highest BCUT2D eigenvalue weighted by Gasteiger charge is 2.47. The van der Waals surface area contributed by atoms with Crippen LogP contribution in [0.25, 0.3) is 11.4 Å². The standard InChI is InChI=1S/C72H50N8O2/c73-47-51-31-39-55(40-32-51)67-65-66(70(76-72(82)58-21-9-2-10-22-58)78(67)50-54-37-45-64(46-38-54)80(61-27-15-5-16-28-61)62-29-17-6-18-30-62)68(56-41-33-52(48-74)34-42-56)77(69(65)75-71(81)57-19-7-1-8-20-57)49-53-35-43-63(44-36-53)79(59-23-11-3-12-24-59)60-25-13-4-14-26-60/h1-46H,49-50H2. The number of fused-ring (bicyclic) bond motifs is 1. The molecule has 0 aromatic heterocycles. The molecule has 10 heteroatoms. The lowest BCUT2D eigenvalue weighted by Gasteiger charge is -2.29. The Labute approximate surface area is 476 Å². The molecule has 10 aromatic carbocycles. The van der Waals surface area contributed by atoms with E-state index in [2.05, 4.69) is 119 Å². The van der Waals surface area contributed by atoms with Gasteiger partial charge in [-0.1, -0.05) is 158 Å². The maximum absolute atomic E-state index is 14.9. The first-order valence-corrected chi connectivity index (χ1v) is 26.8. The van der Waals surface area contributed by atoms with Crippen molar-refractivity contribution < 1.29 is 9.59 Å². The molecule has 0 atom stereocenters. The molecule has 0 saturated heterocycles. The fraction of sp³-hybridized carbons (Fsp3) is 0.0278. The van der Waals surface area contributed by atoms with Gasteiger partial charge in [-0.15, -0.1) is 0 Å². The predicted molar refractivity (Wildman–Crippen MR) is 326 cm³/mol. The minimum atomic E-state index is -0.473. The molecule has 82 heavy (non-hydrogen) atoms. The van der Waals surface area contributed by atoms with Crippen molar-refractivity contribution in [1.29, 1.82) is 10.5 Å². The number of para-hydroxylation sites is 4. The monoisotopic (exact) mass is 1060 g/mol. The van der Waals surface area contributed by atoms with E-state index in [0.717, 1.165) is 45.3 Å². The van der Waals surface area contributed by atoms with E-state index in [9.17, 15) is 20.1 Å². The maximum atomic E-state index is 14.9. The topological polar surface area (TPSA) is 119 Å². The van der Waals surface area contributed by atoms with Gasteiger partial charge in [-0.3, -0.25) is 9.59 Å². The number of anilines is 6. The summed E-state index contributed by atoms with van der Waals surface area (Å²) in [4.78, 5) is 48.5. The molecule has 0 saturated carbocycles. The normalized spacial score (nSPS) is 13.7. The number of hydrogen-bond acceptors (Lipinski definition) is 6. The first-order valence-electron chi connectivity index (χ1n) is 26.8. The van der Waals surface area contributed by atoms with Gasteiger partial charge in [0, 0.05) is 58.3 Å². The van der Waals surface area contributed by atoms with Crippen molar-refractivity contribution in [3.8, 4) is 12.1 Å². The van der Waals surface area contributed by atoms with Crippen LogP contribution >= 0.6 is 0 Å². The van der Waals surface area contributed by atoms with E-state index in [1.54, 1.807) is 48.5 Å². The first kappa shape index (κ1) is 51.3. The van der Waals surface area contributed by atoms with Crippen molar-refractivity contribution in [3.05, 3.63) is 335 Å². The fourth-order valence-corrected chi connectivity index (χ4v) is 10.5. The van der Waals surface area contributed by atoms with Gasteiger partial charge >= 0.3 is 0 Å². The van der Waals surface area contributed by atoms with Gasteiger partial charge in [0.25, 0.3) is 11.8 Å².